The van der Waals surface area contributed by atoms with Gasteiger partial charge in [-0.25, -0.2) is 0 Å². The van der Waals surface area contributed by atoms with Crippen molar-refractivity contribution in [2.75, 3.05) is 6.54 Å². The summed E-state index contributed by atoms with van der Waals surface area (Å²) in [7, 11) is 0. The number of nitrogens with zero attached hydrogens (tertiary/aromatic N) is 2. The SMILES string of the molecule is Cc1nc(-c2cccc(Br)c2)ccc1C(=O)N(CC(N)=O)C(C)C. The van der Waals surface area contributed by atoms with E-state index in [1.165, 1.54) is 4.90 Å². The van der Waals surface area contributed by atoms with Gasteiger partial charge in [0.25, 0.3) is 5.91 Å². The first-order valence-corrected chi connectivity index (χ1v) is 8.41. The first-order chi connectivity index (χ1) is 11.3. The van der Waals surface area contributed by atoms with Crippen molar-refractivity contribution in [1.82, 2.24) is 9.88 Å². The van der Waals surface area contributed by atoms with E-state index in [4.69, 9.17) is 5.73 Å². The van der Waals surface area contributed by atoms with Crippen molar-refractivity contribution in [2.45, 2.75) is 26.8 Å². The van der Waals surface area contributed by atoms with E-state index in [0.717, 1.165) is 15.7 Å². The number of aryl methyl sites for hydroxylation is 1. The van der Waals surface area contributed by atoms with Crippen LogP contribution in [0.3, 0.4) is 0 Å². The molecule has 0 radical (unpaired) electrons. The number of carbonyl (C=O) groups is 2. The molecule has 0 aliphatic carbocycles. The lowest BCUT2D eigenvalue weighted by molar-refractivity contribution is -0.119. The molecule has 0 unspecified atom stereocenters. The lowest BCUT2D eigenvalue weighted by atomic mass is 10.1. The second-order valence-electron chi connectivity index (χ2n) is 5.83. The van der Waals surface area contributed by atoms with Crippen LogP contribution in [0.1, 0.15) is 29.9 Å². The van der Waals surface area contributed by atoms with Gasteiger partial charge < -0.3 is 10.6 Å². The average Bonchev–Trinajstić information content (AvgIpc) is 2.51. The molecule has 6 heteroatoms. The van der Waals surface area contributed by atoms with Crippen LogP contribution in [0.4, 0.5) is 0 Å². The second-order valence-corrected chi connectivity index (χ2v) is 6.75. The van der Waals surface area contributed by atoms with Gasteiger partial charge in [0.15, 0.2) is 0 Å². The summed E-state index contributed by atoms with van der Waals surface area (Å²) in [5.74, 6) is -0.775. The highest BCUT2D eigenvalue weighted by molar-refractivity contribution is 9.10. The maximum absolute atomic E-state index is 12.7. The fourth-order valence-corrected chi connectivity index (χ4v) is 2.81. The number of pyridine rings is 1. The molecule has 0 spiro atoms. The van der Waals surface area contributed by atoms with E-state index >= 15 is 0 Å². The fraction of sp³-hybridized carbons (Fsp3) is 0.278. The van der Waals surface area contributed by atoms with Crippen molar-refractivity contribution < 1.29 is 9.59 Å². The van der Waals surface area contributed by atoms with Gasteiger partial charge in [-0.1, -0.05) is 28.1 Å². The highest BCUT2D eigenvalue weighted by Crippen LogP contribution is 2.23. The summed E-state index contributed by atoms with van der Waals surface area (Å²) in [6.07, 6.45) is 0. The molecule has 2 N–H and O–H groups in total. The van der Waals surface area contributed by atoms with Crippen LogP contribution in [-0.2, 0) is 4.79 Å². The van der Waals surface area contributed by atoms with Crippen molar-refractivity contribution in [2.24, 2.45) is 5.73 Å². The zero-order valence-corrected chi connectivity index (χ0v) is 15.5. The van der Waals surface area contributed by atoms with Crippen molar-refractivity contribution in [3.05, 3.63) is 52.1 Å². The van der Waals surface area contributed by atoms with Crippen LogP contribution in [0.25, 0.3) is 11.3 Å². The first-order valence-electron chi connectivity index (χ1n) is 7.62. The molecule has 1 aromatic carbocycles. The normalized spacial score (nSPS) is 10.7. The van der Waals surface area contributed by atoms with Crippen LogP contribution in [0.15, 0.2) is 40.9 Å². The monoisotopic (exact) mass is 389 g/mol. The number of hydrogen-bond acceptors (Lipinski definition) is 3. The molecular weight excluding hydrogens is 370 g/mol. The minimum Gasteiger partial charge on any atom is -0.368 e. The van der Waals surface area contributed by atoms with Gasteiger partial charge in [-0.15, -0.1) is 0 Å². The van der Waals surface area contributed by atoms with Crippen molar-refractivity contribution in [3.8, 4) is 11.3 Å². The largest absolute Gasteiger partial charge is 0.368 e. The number of hydrogen-bond donors (Lipinski definition) is 1. The molecule has 126 valence electrons. The summed E-state index contributed by atoms with van der Waals surface area (Å²) >= 11 is 3.44. The molecule has 0 atom stereocenters. The van der Waals surface area contributed by atoms with Crippen LogP contribution in [0, 0.1) is 6.92 Å². The van der Waals surface area contributed by atoms with Crippen molar-refractivity contribution in [1.29, 1.82) is 0 Å². The Morgan fingerprint density at radius 3 is 2.50 bits per heavy atom. The molecule has 0 aliphatic rings. The van der Waals surface area contributed by atoms with Gasteiger partial charge in [-0.3, -0.25) is 14.6 Å². The Hall–Kier alpha value is -2.21. The smallest absolute Gasteiger partial charge is 0.256 e. The third-order valence-corrected chi connectivity index (χ3v) is 4.14. The predicted molar refractivity (Wildman–Crippen MR) is 97.5 cm³/mol. The molecule has 2 amide bonds. The number of halogens is 1. The maximum Gasteiger partial charge on any atom is 0.256 e. The second kappa shape index (κ2) is 7.57. The van der Waals surface area contributed by atoms with E-state index in [2.05, 4.69) is 20.9 Å². The minimum atomic E-state index is -0.534. The molecule has 24 heavy (non-hydrogen) atoms. The lowest BCUT2D eigenvalue weighted by Gasteiger charge is -2.26. The van der Waals surface area contributed by atoms with Gasteiger partial charge in [0.2, 0.25) is 5.91 Å². The highest BCUT2D eigenvalue weighted by Gasteiger charge is 2.22. The molecule has 0 saturated carbocycles. The van der Waals surface area contributed by atoms with Gasteiger partial charge in [0, 0.05) is 16.1 Å². The van der Waals surface area contributed by atoms with E-state index in [-0.39, 0.29) is 18.5 Å². The molecule has 0 fully saturated rings. The molecular formula is C18H20BrN3O2. The lowest BCUT2D eigenvalue weighted by Crippen LogP contribution is -2.43. The van der Waals surface area contributed by atoms with Gasteiger partial charge in [-0.2, -0.15) is 0 Å². The Morgan fingerprint density at radius 1 is 1.25 bits per heavy atom. The molecule has 0 aliphatic heterocycles. The number of rotatable bonds is 5. The number of nitrogens with two attached hydrogens (primary N) is 1. The molecule has 0 saturated heterocycles. The van der Waals surface area contributed by atoms with Gasteiger partial charge >= 0.3 is 0 Å². The number of benzene rings is 1. The van der Waals surface area contributed by atoms with Crippen molar-refractivity contribution >= 4 is 27.7 Å². The average molecular weight is 390 g/mol. The summed E-state index contributed by atoms with van der Waals surface area (Å²) in [5.41, 5.74) is 8.09. The van der Waals surface area contributed by atoms with E-state index in [1.54, 1.807) is 13.0 Å². The molecule has 2 aromatic rings. The number of primary amides is 1. The summed E-state index contributed by atoms with van der Waals surface area (Å²) in [4.78, 5) is 29.9. The summed E-state index contributed by atoms with van der Waals surface area (Å²) in [5, 5.41) is 0. The Kier molecular flexibility index (Phi) is 5.72. The molecule has 2 rings (SSSR count). The van der Waals surface area contributed by atoms with E-state index in [0.29, 0.717) is 11.3 Å². The zero-order valence-electron chi connectivity index (χ0n) is 13.9. The molecule has 1 aromatic heterocycles. The van der Waals surface area contributed by atoms with Gasteiger partial charge in [-0.05, 0) is 45.0 Å². The molecule has 1 heterocycles. The van der Waals surface area contributed by atoms with E-state index in [1.807, 2.05) is 44.2 Å². The zero-order chi connectivity index (χ0) is 17.9. The van der Waals surface area contributed by atoms with E-state index < -0.39 is 5.91 Å². The number of aromatic nitrogens is 1. The topological polar surface area (TPSA) is 76.3 Å². The summed E-state index contributed by atoms with van der Waals surface area (Å²) in [6.45, 7) is 5.37. The van der Waals surface area contributed by atoms with Crippen LogP contribution >= 0.6 is 15.9 Å². The molecule has 0 bridgehead atoms. The fourth-order valence-electron chi connectivity index (χ4n) is 2.41. The third-order valence-electron chi connectivity index (χ3n) is 3.65. The first kappa shape index (κ1) is 18.1. The van der Waals surface area contributed by atoms with Gasteiger partial charge in [0.05, 0.1) is 23.5 Å². The van der Waals surface area contributed by atoms with Crippen LogP contribution in [0.2, 0.25) is 0 Å². The van der Waals surface area contributed by atoms with Crippen LogP contribution in [0.5, 0.6) is 0 Å². The highest BCUT2D eigenvalue weighted by atomic mass is 79.9. The van der Waals surface area contributed by atoms with Crippen LogP contribution in [-0.4, -0.2) is 34.3 Å². The standard InChI is InChI=1S/C18H20BrN3O2/c1-11(2)22(10-17(20)23)18(24)15-7-8-16(21-12(15)3)13-5-4-6-14(19)9-13/h4-9,11H,10H2,1-3H3,(H2,20,23). The number of carbonyl (C=O) groups excluding carboxylic acids is 2. The Balaban J connectivity index is 2.35. The van der Waals surface area contributed by atoms with Crippen LogP contribution < -0.4 is 5.73 Å². The summed E-state index contributed by atoms with van der Waals surface area (Å²) < 4.78 is 0.965. The Labute approximate surface area is 150 Å². The minimum absolute atomic E-state index is 0.108. The third kappa shape index (κ3) is 4.20. The van der Waals surface area contributed by atoms with Gasteiger partial charge in [0.1, 0.15) is 0 Å². The number of amides is 2. The summed E-state index contributed by atoms with van der Waals surface area (Å²) in [6, 6.07) is 11.2. The maximum atomic E-state index is 12.7. The molecule has 5 nitrogen and oxygen atoms in total. The predicted octanol–water partition coefficient (Wildman–Crippen LogP) is 3.16. The quantitative estimate of drug-likeness (QED) is 0.852. The van der Waals surface area contributed by atoms with Crippen molar-refractivity contribution in [3.63, 3.8) is 0 Å². The Bertz CT molecular complexity index is 775. The van der Waals surface area contributed by atoms with E-state index in [9.17, 15) is 9.59 Å². The Morgan fingerprint density at radius 2 is 1.96 bits per heavy atom.